The smallest absolute Gasteiger partial charge is 0.139 e. The van der Waals surface area contributed by atoms with Gasteiger partial charge in [-0.25, -0.2) is 0 Å². The van der Waals surface area contributed by atoms with Crippen molar-refractivity contribution in [1.29, 1.82) is 0 Å². The summed E-state index contributed by atoms with van der Waals surface area (Å²) in [5.74, 6) is 0. The van der Waals surface area contributed by atoms with Crippen LogP contribution in [0.1, 0.15) is 11.1 Å². The van der Waals surface area contributed by atoms with Gasteiger partial charge in [0.2, 0.25) is 0 Å². The minimum atomic E-state index is 0.860. The molecule has 1 aliphatic carbocycles. The fourth-order valence-corrected chi connectivity index (χ4v) is 2.36. The Labute approximate surface area is 90.3 Å². The molecule has 15 heavy (non-hydrogen) atoms. The summed E-state index contributed by atoms with van der Waals surface area (Å²) in [5, 5.41) is 0. The highest BCUT2D eigenvalue weighted by Crippen LogP contribution is 2.36. The van der Waals surface area contributed by atoms with Gasteiger partial charge in [-0.2, -0.15) is 0 Å². The summed E-state index contributed by atoms with van der Waals surface area (Å²) in [6, 6.07) is 12.9. The third-order valence-electron chi connectivity index (χ3n) is 3.06. The molecule has 0 amide bonds. The molecule has 0 saturated carbocycles. The second kappa shape index (κ2) is 2.90. The topological polar surface area (TPSA) is 26.0 Å². The average Bonchev–Trinajstić information content (AvgIpc) is 2.53. The van der Waals surface area contributed by atoms with E-state index >= 15 is 0 Å². The highest BCUT2D eigenvalue weighted by Gasteiger charge is 2.17. The van der Waals surface area contributed by atoms with Crippen molar-refractivity contribution in [3.63, 3.8) is 0 Å². The summed E-state index contributed by atoms with van der Waals surface area (Å²) in [5.41, 5.74) is 13.5. The first-order chi connectivity index (χ1) is 7.24. The van der Waals surface area contributed by atoms with Crippen LogP contribution in [0.25, 0.3) is 11.1 Å². The van der Waals surface area contributed by atoms with Crippen molar-refractivity contribution < 1.29 is 0 Å². The van der Waals surface area contributed by atoms with E-state index in [-0.39, 0.29) is 0 Å². The van der Waals surface area contributed by atoms with Crippen LogP contribution in [0.15, 0.2) is 36.4 Å². The zero-order valence-electron chi connectivity index (χ0n) is 8.75. The normalized spacial score (nSPS) is 12.3. The molecule has 0 saturated heterocycles. The molecule has 1 nitrogen and oxygen atoms in total. The fraction of sp³-hybridized carbons (Fsp3) is 0.0769. The van der Waals surface area contributed by atoms with Crippen LogP contribution < -0.4 is 11.2 Å². The van der Waals surface area contributed by atoms with E-state index < -0.39 is 0 Å². The summed E-state index contributed by atoms with van der Waals surface area (Å²) < 4.78 is 0. The molecule has 0 heterocycles. The Morgan fingerprint density at radius 3 is 2.40 bits per heavy atom. The average molecular weight is 193 g/mol. The summed E-state index contributed by atoms with van der Waals surface area (Å²) >= 11 is 0. The Morgan fingerprint density at radius 1 is 0.933 bits per heavy atom. The van der Waals surface area contributed by atoms with Crippen LogP contribution in [-0.4, -0.2) is 7.85 Å². The fourth-order valence-electron chi connectivity index (χ4n) is 2.36. The van der Waals surface area contributed by atoms with Crippen LogP contribution in [0.3, 0.4) is 0 Å². The molecule has 0 spiro atoms. The molecular weight excluding hydrogens is 181 g/mol. The van der Waals surface area contributed by atoms with Gasteiger partial charge in [-0.15, -0.1) is 0 Å². The Bertz CT molecular complexity index is 497. The van der Waals surface area contributed by atoms with E-state index in [0.717, 1.165) is 12.1 Å². The van der Waals surface area contributed by atoms with Crippen molar-refractivity contribution in [1.82, 2.24) is 0 Å². The van der Waals surface area contributed by atoms with Gasteiger partial charge in [0.1, 0.15) is 7.85 Å². The minimum Gasteiger partial charge on any atom is -0.399 e. The van der Waals surface area contributed by atoms with E-state index in [1.807, 2.05) is 6.07 Å². The number of fused-ring (bicyclic) bond motifs is 3. The number of anilines is 1. The van der Waals surface area contributed by atoms with Crippen LogP contribution in [0.4, 0.5) is 5.69 Å². The molecule has 0 bridgehead atoms. The Hall–Kier alpha value is -1.70. The largest absolute Gasteiger partial charge is 0.399 e. The van der Waals surface area contributed by atoms with E-state index in [1.165, 1.54) is 27.7 Å². The molecule has 0 atom stereocenters. The number of nitrogens with two attached hydrogens (primary N) is 1. The van der Waals surface area contributed by atoms with Crippen LogP contribution in [0.2, 0.25) is 0 Å². The summed E-state index contributed by atoms with van der Waals surface area (Å²) in [6.07, 6.45) is 1.03. The molecule has 0 aromatic heterocycles. The maximum Gasteiger partial charge on any atom is 0.139 e. The molecule has 0 unspecified atom stereocenters. The quantitative estimate of drug-likeness (QED) is 0.419. The highest BCUT2D eigenvalue weighted by molar-refractivity contribution is 6.32. The van der Waals surface area contributed by atoms with E-state index in [1.54, 1.807) is 0 Å². The third-order valence-corrected chi connectivity index (χ3v) is 3.06. The van der Waals surface area contributed by atoms with E-state index in [0.29, 0.717) is 0 Å². The molecule has 0 radical (unpaired) electrons. The lowest BCUT2D eigenvalue weighted by molar-refractivity contribution is 1.27. The predicted octanol–water partition coefficient (Wildman–Crippen LogP) is 1.10. The number of hydrogen-bond acceptors (Lipinski definition) is 1. The number of benzene rings is 2. The van der Waals surface area contributed by atoms with Crippen LogP contribution in [-0.2, 0) is 6.42 Å². The lowest BCUT2D eigenvalue weighted by atomic mass is 9.92. The van der Waals surface area contributed by atoms with Gasteiger partial charge in [-0.05, 0) is 40.8 Å². The maximum absolute atomic E-state index is 5.80. The summed E-state index contributed by atoms with van der Waals surface area (Å²) in [7, 11) is 2.14. The Morgan fingerprint density at radius 2 is 1.60 bits per heavy atom. The summed E-state index contributed by atoms with van der Waals surface area (Å²) in [4.78, 5) is 0. The molecule has 0 aliphatic heterocycles. The van der Waals surface area contributed by atoms with Gasteiger partial charge in [-0.3, -0.25) is 0 Å². The summed E-state index contributed by atoms with van der Waals surface area (Å²) in [6.45, 7) is 0. The van der Waals surface area contributed by atoms with Gasteiger partial charge in [0.25, 0.3) is 0 Å². The molecule has 2 N–H and O–H groups in total. The van der Waals surface area contributed by atoms with E-state index in [4.69, 9.17) is 5.73 Å². The van der Waals surface area contributed by atoms with Gasteiger partial charge in [-0.1, -0.05) is 29.7 Å². The maximum atomic E-state index is 5.80. The molecule has 2 aromatic rings. The van der Waals surface area contributed by atoms with Gasteiger partial charge in [0.15, 0.2) is 0 Å². The second-order valence-electron chi connectivity index (χ2n) is 4.25. The zero-order chi connectivity index (χ0) is 10.4. The van der Waals surface area contributed by atoms with Crippen LogP contribution >= 0.6 is 0 Å². The molecular formula is C13H12BN. The number of nitrogen functional groups attached to an aromatic ring is 1. The van der Waals surface area contributed by atoms with E-state index in [9.17, 15) is 0 Å². The van der Waals surface area contributed by atoms with Crippen molar-refractivity contribution in [2.75, 3.05) is 5.73 Å². The van der Waals surface area contributed by atoms with E-state index in [2.05, 4.69) is 38.2 Å². The molecule has 2 heteroatoms. The monoisotopic (exact) mass is 193 g/mol. The number of rotatable bonds is 0. The standard InChI is InChI=1S/C13H12BN/c14-10-1-3-12-8(6-10)5-9-7-11(15)2-4-13(9)12/h1-4,6-7H,5,14-15H2. The lowest BCUT2D eigenvalue weighted by Crippen LogP contribution is -2.01. The van der Waals surface area contributed by atoms with Crippen molar-refractivity contribution in [3.05, 3.63) is 47.5 Å². The number of hydrogen-bond donors (Lipinski definition) is 1. The van der Waals surface area contributed by atoms with Crippen LogP contribution in [0.5, 0.6) is 0 Å². The molecule has 3 rings (SSSR count). The van der Waals surface area contributed by atoms with Crippen molar-refractivity contribution >= 4 is 19.0 Å². The van der Waals surface area contributed by atoms with Crippen LogP contribution in [0, 0.1) is 0 Å². The van der Waals surface area contributed by atoms with Gasteiger partial charge in [0.05, 0.1) is 0 Å². The first kappa shape index (κ1) is 8.60. The van der Waals surface area contributed by atoms with Gasteiger partial charge >= 0.3 is 0 Å². The molecule has 72 valence electrons. The van der Waals surface area contributed by atoms with Crippen molar-refractivity contribution in [3.8, 4) is 11.1 Å². The van der Waals surface area contributed by atoms with Gasteiger partial charge < -0.3 is 5.73 Å². The molecule has 2 aromatic carbocycles. The van der Waals surface area contributed by atoms with Crippen molar-refractivity contribution in [2.45, 2.75) is 6.42 Å². The van der Waals surface area contributed by atoms with Crippen molar-refractivity contribution in [2.24, 2.45) is 0 Å². The minimum absolute atomic E-state index is 0.860. The zero-order valence-corrected chi connectivity index (χ0v) is 8.75. The molecule has 1 aliphatic rings. The highest BCUT2D eigenvalue weighted by atomic mass is 14.5. The Kier molecular flexibility index (Phi) is 1.66. The third kappa shape index (κ3) is 1.25. The second-order valence-corrected chi connectivity index (χ2v) is 4.25. The SMILES string of the molecule is Bc1ccc2c(c1)Cc1cc(N)ccc1-2. The Balaban J connectivity index is 2.24. The predicted molar refractivity (Wildman–Crippen MR) is 67.3 cm³/mol. The van der Waals surface area contributed by atoms with Gasteiger partial charge in [0, 0.05) is 5.69 Å². The first-order valence-corrected chi connectivity index (χ1v) is 5.22. The molecule has 0 fully saturated rings. The lowest BCUT2D eigenvalue weighted by Gasteiger charge is -2.01. The first-order valence-electron chi connectivity index (χ1n) is 5.22.